The van der Waals surface area contributed by atoms with Gasteiger partial charge in [-0.05, 0) is 34.0 Å². The van der Waals surface area contributed by atoms with Crippen LogP contribution in [0.3, 0.4) is 0 Å². The minimum Gasteiger partial charge on any atom is -0.491 e. The average molecular weight is 416 g/mol. The fraction of sp³-hybridized carbons (Fsp3) is 0.346. The van der Waals surface area contributed by atoms with Gasteiger partial charge in [-0.2, -0.15) is 5.26 Å². The van der Waals surface area contributed by atoms with Crippen molar-refractivity contribution in [3.05, 3.63) is 77.9 Å². The molecule has 0 saturated carbocycles. The Morgan fingerprint density at radius 3 is 2.39 bits per heavy atom. The monoisotopic (exact) mass is 415 g/mol. The summed E-state index contributed by atoms with van der Waals surface area (Å²) in [5.74, 6) is 0.723. The highest BCUT2D eigenvalue weighted by Gasteiger charge is 2.20. The third-order valence-corrected chi connectivity index (χ3v) is 5.86. The minimum absolute atomic E-state index is 0.272. The van der Waals surface area contributed by atoms with Crippen molar-refractivity contribution in [1.82, 2.24) is 9.80 Å². The minimum atomic E-state index is -0.525. The molecule has 0 radical (unpaired) electrons. The van der Waals surface area contributed by atoms with Crippen LogP contribution in [-0.4, -0.2) is 60.3 Å². The summed E-state index contributed by atoms with van der Waals surface area (Å²) in [7, 11) is 0. The highest BCUT2D eigenvalue weighted by atomic mass is 16.5. The molecule has 3 aromatic carbocycles. The van der Waals surface area contributed by atoms with Crippen molar-refractivity contribution in [1.29, 1.82) is 5.26 Å². The summed E-state index contributed by atoms with van der Waals surface area (Å²) in [4.78, 5) is 4.80. The lowest BCUT2D eigenvalue weighted by molar-refractivity contribution is 0.0447. The molecule has 1 atom stereocenters. The summed E-state index contributed by atoms with van der Waals surface area (Å²) < 4.78 is 5.71. The number of benzene rings is 3. The Morgan fingerprint density at radius 1 is 0.903 bits per heavy atom. The van der Waals surface area contributed by atoms with Crippen molar-refractivity contribution in [3.8, 4) is 11.8 Å². The first kappa shape index (κ1) is 21.3. The number of β-amino-alcohol motifs (C(OH)–C–C–N with tert-alkyl or cyclic N) is 1. The largest absolute Gasteiger partial charge is 0.491 e. The Bertz CT molecular complexity index is 1020. The maximum atomic E-state index is 10.4. The number of aliphatic hydroxyl groups excluding tert-OH is 1. The van der Waals surface area contributed by atoms with E-state index >= 15 is 0 Å². The van der Waals surface area contributed by atoms with E-state index in [1.807, 2.05) is 24.3 Å². The van der Waals surface area contributed by atoms with E-state index in [1.54, 1.807) is 0 Å². The number of nitrogens with zero attached hydrogens (tertiary/aromatic N) is 3. The van der Waals surface area contributed by atoms with E-state index in [4.69, 9.17) is 10.00 Å². The fourth-order valence-electron chi connectivity index (χ4n) is 4.14. The Labute approximate surface area is 184 Å². The second-order valence-electron chi connectivity index (χ2n) is 8.16. The van der Waals surface area contributed by atoms with Gasteiger partial charge in [0.25, 0.3) is 0 Å². The van der Waals surface area contributed by atoms with Gasteiger partial charge in [0, 0.05) is 39.3 Å². The topological polar surface area (TPSA) is 59.7 Å². The first-order valence-corrected chi connectivity index (χ1v) is 10.9. The molecule has 1 heterocycles. The average Bonchev–Trinajstić information content (AvgIpc) is 2.80. The molecule has 5 heteroatoms. The van der Waals surface area contributed by atoms with Gasteiger partial charge in [-0.15, -0.1) is 0 Å². The summed E-state index contributed by atoms with van der Waals surface area (Å²) >= 11 is 0. The number of aliphatic hydroxyl groups is 1. The van der Waals surface area contributed by atoms with Gasteiger partial charge in [-0.3, -0.25) is 9.80 Å². The van der Waals surface area contributed by atoms with Crippen LogP contribution >= 0.6 is 0 Å². The molecular formula is C26H29N3O2. The number of rotatable bonds is 8. The molecule has 1 saturated heterocycles. The van der Waals surface area contributed by atoms with Crippen LogP contribution in [0.5, 0.6) is 5.75 Å². The SMILES string of the molecule is N#CCc1ccc(OC[C@@H](O)CN2CCN(Cc3cccc4ccccc34)CC2)cc1. The van der Waals surface area contributed by atoms with Crippen LogP contribution in [-0.2, 0) is 13.0 Å². The highest BCUT2D eigenvalue weighted by molar-refractivity contribution is 5.85. The Hall–Kier alpha value is -2.91. The van der Waals surface area contributed by atoms with Crippen LogP contribution in [0.2, 0.25) is 0 Å². The number of fused-ring (bicyclic) bond motifs is 1. The van der Waals surface area contributed by atoms with E-state index in [9.17, 15) is 5.11 Å². The predicted molar refractivity (Wildman–Crippen MR) is 123 cm³/mol. The number of hydrogen-bond acceptors (Lipinski definition) is 5. The lowest BCUT2D eigenvalue weighted by atomic mass is 10.0. The summed E-state index contributed by atoms with van der Waals surface area (Å²) in [6.45, 7) is 5.74. The Kier molecular flexibility index (Phi) is 7.16. The van der Waals surface area contributed by atoms with Crippen molar-refractivity contribution in [3.63, 3.8) is 0 Å². The van der Waals surface area contributed by atoms with Gasteiger partial charge in [0.15, 0.2) is 0 Å². The molecule has 0 amide bonds. The molecule has 1 aliphatic heterocycles. The fourth-order valence-corrected chi connectivity index (χ4v) is 4.14. The van der Waals surface area contributed by atoms with Gasteiger partial charge >= 0.3 is 0 Å². The molecular weight excluding hydrogens is 386 g/mol. The van der Waals surface area contributed by atoms with E-state index in [0.29, 0.717) is 13.0 Å². The van der Waals surface area contributed by atoms with E-state index < -0.39 is 6.10 Å². The molecule has 0 aromatic heterocycles. The highest BCUT2D eigenvalue weighted by Crippen LogP contribution is 2.20. The van der Waals surface area contributed by atoms with Crippen LogP contribution in [0.25, 0.3) is 10.8 Å². The maximum Gasteiger partial charge on any atom is 0.119 e. The molecule has 160 valence electrons. The molecule has 0 aliphatic carbocycles. The third kappa shape index (κ3) is 5.83. The van der Waals surface area contributed by atoms with Gasteiger partial charge in [-0.1, -0.05) is 54.6 Å². The van der Waals surface area contributed by atoms with Gasteiger partial charge in [0.2, 0.25) is 0 Å². The van der Waals surface area contributed by atoms with Gasteiger partial charge < -0.3 is 9.84 Å². The normalized spacial score (nSPS) is 16.1. The summed E-state index contributed by atoms with van der Waals surface area (Å²) in [5, 5.41) is 21.8. The Morgan fingerprint density at radius 2 is 1.61 bits per heavy atom. The van der Waals surface area contributed by atoms with E-state index in [-0.39, 0.29) is 6.61 Å². The van der Waals surface area contributed by atoms with Crippen LogP contribution in [0.15, 0.2) is 66.7 Å². The molecule has 31 heavy (non-hydrogen) atoms. The molecule has 0 bridgehead atoms. The Balaban J connectivity index is 1.21. The first-order chi connectivity index (χ1) is 15.2. The zero-order valence-corrected chi connectivity index (χ0v) is 17.8. The van der Waals surface area contributed by atoms with Gasteiger partial charge in [0.1, 0.15) is 18.5 Å². The van der Waals surface area contributed by atoms with Crippen molar-refractivity contribution in [2.75, 3.05) is 39.3 Å². The number of nitriles is 1. The van der Waals surface area contributed by atoms with E-state index in [1.165, 1.54) is 16.3 Å². The number of piperazine rings is 1. The van der Waals surface area contributed by atoms with Crippen molar-refractivity contribution < 1.29 is 9.84 Å². The summed E-state index contributed by atoms with van der Waals surface area (Å²) in [5.41, 5.74) is 2.34. The molecule has 4 rings (SSSR count). The lowest BCUT2D eigenvalue weighted by Gasteiger charge is -2.35. The summed E-state index contributed by atoms with van der Waals surface area (Å²) in [6.07, 6.45) is -0.126. The van der Waals surface area contributed by atoms with Crippen LogP contribution < -0.4 is 4.74 Å². The molecule has 1 aliphatic rings. The van der Waals surface area contributed by atoms with Crippen molar-refractivity contribution >= 4 is 10.8 Å². The quantitative estimate of drug-likeness (QED) is 0.611. The van der Waals surface area contributed by atoms with Crippen molar-refractivity contribution in [2.45, 2.75) is 19.1 Å². The second-order valence-corrected chi connectivity index (χ2v) is 8.16. The van der Waals surface area contributed by atoms with Gasteiger partial charge in [0.05, 0.1) is 12.5 Å². The predicted octanol–water partition coefficient (Wildman–Crippen LogP) is 3.46. The third-order valence-electron chi connectivity index (χ3n) is 5.86. The standard InChI is InChI=1S/C26H29N3O2/c27-13-12-21-8-10-25(11-9-21)31-20-24(30)19-29-16-14-28(15-17-29)18-23-6-3-5-22-4-1-2-7-26(22)23/h1-11,24,30H,12,14-20H2/t24-/m0/s1. The number of ether oxygens (including phenoxy) is 1. The van der Waals surface area contributed by atoms with Crippen LogP contribution in [0.1, 0.15) is 11.1 Å². The maximum absolute atomic E-state index is 10.4. The van der Waals surface area contributed by atoms with Gasteiger partial charge in [-0.25, -0.2) is 0 Å². The summed E-state index contributed by atoms with van der Waals surface area (Å²) in [6, 6.07) is 24.7. The molecule has 3 aromatic rings. The lowest BCUT2D eigenvalue weighted by Crippen LogP contribution is -2.48. The molecule has 0 unspecified atom stereocenters. The van der Waals surface area contributed by atoms with Crippen LogP contribution in [0.4, 0.5) is 0 Å². The molecule has 0 spiro atoms. The van der Waals surface area contributed by atoms with Crippen molar-refractivity contribution in [2.24, 2.45) is 0 Å². The zero-order chi connectivity index (χ0) is 21.5. The first-order valence-electron chi connectivity index (χ1n) is 10.9. The van der Waals surface area contributed by atoms with E-state index in [0.717, 1.165) is 44.0 Å². The molecule has 1 N–H and O–H groups in total. The number of hydrogen-bond donors (Lipinski definition) is 1. The zero-order valence-electron chi connectivity index (χ0n) is 17.8. The smallest absolute Gasteiger partial charge is 0.119 e. The second kappa shape index (κ2) is 10.4. The molecule has 1 fully saturated rings. The molecule has 5 nitrogen and oxygen atoms in total. The van der Waals surface area contributed by atoms with Crippen LogP contribution in [0, 0.1) is 11.3 Å². The van der Waals surface area contributed by atoms with E-state index in [2.05, 4.69) is 58.3 Å².